The van der Waals surface area contributed by atoms with E-state index in [0.29, 0.717) is 29.7 Å². The molecule has 2 aromatic carbocycles. The van der Waals surface area contributed by atoms with Crippen molar-refractivity contribution in [3.63, 3.8) is 0 Å². The van der Waals surface area contributed by atoms with Gasteiger partial charge < -0.3 is 20.2 Å². The first-order valence-electron chi connectivity index (χ1n) is 12.9. The summed E-state index contributed by atoms with van der Waals surface area (Å²) in [7, 11) is 0. The molecule has 4 N–H and O–H groups in total. The molecule has 1 saturated heterocycles. The third-order valence-electron chi connectivity index (χ3n) is 7.26. The van der Waals surface area contributed by atoms with E-state index in [1.807, 2.05) is 63.2 Å². The van der Waals surface area contributed by atoms with E-state index in [-0.39, 0.29) is 29.0 Å². The van der Waals surface area contributed by atoms with Crippen LogP contribution in [0.1, 0.15) is 43.7 Å². The lowest BCUT2D eigenvalue weighted by molar-refractivity contribution is 0.0906. The molecule has 0 aliphatic carbocycles. The Morgan fingerprint density at radius 2 is 1.88 bits per heavy atom. The highest BCUT2D eigenvalue weighted by Crippen LogP contribution is 2.41. The van der Waals surface area contributed by atoms with Gasteiger partial charge in [-0.15, -0.1) is 0 Å². The van der Waals surface area contributed by atoms with E-state index in [1.54, 1.807) is 10.7 Å². The van der Waals surface area contributed by atoms with Crippen LogP contribution in [0.3, 0.4) is 0 Å². The van der Waals surface area contributed by atoms with Gasteiger partial charge in [-0.2, -0.15) is 10.1 Å². The largest absolute Gasteiger partial charge is 0.465 e. The number of rotatable bonds is 4. The number of anilines is 2. The maximum Gasteiger partial charge on any atom is 0.407 e. The van der Waals surface area contributed by atoms with Gasteiger partial charge >= 0.3 is 12.1 Å². The lowest BCUT2D eigenvalue weighted by atomic mass is 9.83. The molecule has 3 aromatic heterocycles. The number of amides is 2. The van der Waals surface area contributed by atoms with E-state index in [0.717, 1.165) is 11.1 Å². The van der Waals surface area contributed by atoms with Gasteiger partial charge in [-0.3, -0.25) is 10.1 Å². The van der Waals surface area contributed by atoms with Crippen LogP contribution >= 0.6 is 0 Å². The Morgan fingerprint density at radius 3 is 2.60 bits per heavy atom. The van der Waals surface area contributed by atoms with Crippen LogP contribution in [0.15, 0.2) is 59.3 Å². The minimum absolute atomic E-state index is 0.00163. The van der Waals surface area contributed by atoms with Crippen molar-refractivity contribution >= 4 is 46.0 Å². The number of likely N-dealkylation sites (tertiary alicyclic amines) is 1. The number of nitrogens with one attached hydrogen (secondary N) is 1. The molecule has 40 heavy (non-hydrogen) atoms. The molecule has 1 aliphatic rings. The minimum Gasteiger partial charge on any atom is -0.465 e. The van der Waals surface area contributed by atoms with Crippen molar-refractivity contribution in [3.05, 3.63) is 60.6 Å². The quantitative estimate of drug-likeness (QED) is 0.290. The first-order valence-corrected chi connectivity index (χ1v) is 12.9. The predicted octanol–water partition coefficient (Wildman–Crippen LogP) is 4.81. The number of benzene rings is 2. The fraction of sp³-hybridized carbons (Fsp3) is 0.286. The van der Waals surface area contributed by atoms with Gasteiger partial charge in [0.25, 0.3) is 5.91 Å². The van der Waals surface area contributed by atoms with Crippen molar-refractivity contribution in [1.82, 2.24) is 29.6 Å². The van der Waals surface area contributed by atoms with E-state index in [2.05, 4.69) is 25.4 Å². The summed E-state index contributed by atoms with van der Waals surface area (Å²) in [6.07, 6.45) is 0.807. The van der Waals surface area contributed by atoms with E-state index in [4.69, 9.17) is 10.2 Å². The maximum absolute atomic E-state index is 13.5. The van der Waals surface area contributed by atoms with Crippen molar-refractivity contribution in [3.8, 4) is 11.1 Å². The zero-order chi connectivity index (χ0) is 28.2. The van der Waals surface area contributed by atoms with Crippen LogP contribution in [0, 0.1) is 5.41 Å². The molecular weight excluding hydrogens is 512 g/mol. The highest BCUT2D eigenvalue weighted by atomic mass is 16.4. The molecule has 0 bridgehead atoms. The third kappa shape index (κ3) is 4.27. The summed E-state index contributed by atoms with van der Waals surface area (Å²) in [5, 5.41) is 17.4. The third-order valence-corrected chi connectivity index (χ3v) is 7.26. The molecule has 12 heteroatoms. The van der Waals surface area contributed by atoms with Gasteiger partial charge in [-0.1, -0.05) is 57.2 Å². The van der Waals surface area contributed by atoms with Gasteiger partial charge in [0.2, 0.25) is 0 Å². The summed E-state index contributed by atoms with van der Waals surface area (Å²) in [5.74, 6) is -0.507. The van der Waals surface area contributed by atoms with E-state index in [9.17, 15) is 14.7 Å². The van der Waals surface area contributed by atoms with Crippen molar-refractivity contribution in [2.75, 3.05) is 17.6 Å². The second kappa shape index (κ2) is 9.33. The van der Waals surface area contributed by atoms with Gasteiger partial charge in [0.1, 0.15) is 17.7 Å². The summed E-state index contributed by atoms with van der Waals surface area (Å²) in [5.41, 5.74) is 9.25. The molecule has 6 rings (SSSR count). The molecule has 0 radical (unpaired) electrons. The van der Waals surface area contributed by atoms with Crippen molar-refractivity contribution in [2.24, 2.45) is 5.41 Å². The summed E-state index contributed by atoms with van der Waals surface area (Å²) in [4.78, 5) is 39.9. The molecule has 1 unspecified atom stereocenters. The number of aromatic nitrogens is 5. The fourth-order valence-electron chi connectivity index (χ4n) is 5.62. The van der Waals surface area contributed by atoms with Gasteiger partial charge in [0.15, 0.2) is 16.9 Å². The average molecular weight is 541 g/mol. The molecule has 5 aromatic rings. The van der Waals surface area contributed by atoms with Crippen LogP contribution in [-0.4, -0.2) is 59.3 Å². The highest BCUT2D eigenvalue weighted by molar-refractivity contribution is 6.12. The molecule has 12 nitrogen and oxygen atoms in total. The Bertz CT molecular complexity index is 1760. The number of carbonyl (C=O) groups excluding carboxylic acids is 1. The number of fused-ring (bicyclic) bond motifs is 2. The number of hydrogen-bond donors (Lipinski definition) is 3. The molecule has 0 saturated carbocycles. The van der Waals surface area contributed by atoms with Crippen molar-refractivity contribution < 1.29 is 19.1 Å². The maximum atomic E-state index is 13.5. The summed E-state index contributed by atoms with van der Waals surface area (Å²) >= 11 is 0. The van der Waals surface area contributed by atoms with Crippen LogP contribution < -0.4 is 11.1 Å². The van der Waals surface area contributed by atoms with Crippen LogP contribution in [-0.2, 0) is 0 Å². The monoisotopic (exact) mass is 540 g/mol. The number of oxazole rings is 1. The molecule has 1 aliphatic heterocycles. The van der Waals surface area contributed by atoms with E-state index >= 15 is 0 Å². The normalized spacial score (nSPS) is 17.5. The number of hydrogen-bond acceptors (Lipinski definition) is 8. The Balaban J connectivity index is 1.36. The smallest absolute Gasteiger partial charge is 0.407 e. The Kier molecular flexibility index (Phi) is 5.90. The second-order valence-corrected chi connectivity index (χ2v) is 10.9. The SMILES string of the molecule is CC(C)(C)[C@@H]1C(n2nc(C(=O)Nc3nc4cc(-c5ccccc5)ccc4o3)c3c(N)ncnc32)CCN1C(=O)O. The summed E-state index contributed by atoms with van der Waals surface area (Å²) in [6.45, 7) is 6.26. The summed E-state index contributed by atoms with van der Waals surface area (Å²) < 4.78 is 7.40. The van der Waals surface area contributed by atoms with Crippen LogP contribution in [0.4, 0.5) is 16.6 Å². The molecule has 2 atom stereocenters. The zero-order valence-electron chi connectivity index (χ0n) is 22.2. The first-order chi connectivity index (χ1) is 19.1. The Labute approximate surface area is 228 Å². The first kappa shape index (κ1) is 25.3. The number of carbonyl (C=O) groups is 2. The van der Waals surface area contributed by atoms with Gasteiger partial charge in [0, 0.05) is 6.54 Å². The van der Waals surface area contributed by atoms with Crippen molar-refractivity contribution in [2.45, 2.75) is 39.3 Å². The standard InChI is InChI=1S/C28H28N8O4/c1-28(2,3)22-18(11-12-35(22)27(38)39)36-24-20(23(29)30-14-31-24)21(34-36)25(37)33-26-32-17-13-16(9-10-19(17)40-26)15-7-5-4-6-8-15/h4-10,13-14,18,22H,11-12H2,1-3H3,(H,38,39)(H2,29,30,31)(H,32,33,37)/t18?,22-/m0/s1. The zero-order valence-corrected chi connectivity index (χ0v) is 22.2. The van der Waals surface area contributed by atoms with Crippen LogP contribution in [0.5, 0.6) is 0 Å². The molecular formula is C28H28N8O4. The number of nitrogens with two attached hydrogens (primary N) is 1. The molecule has 2 amide bonds. The fourth-order valence-corrected chi connectivity index (χ4v) is 5.62. The van der Waals surface area contributed by atoms with E-state index < -0.39 is 23.5 Å². The molecule has 0 spiro atoms. The molecule has 204 valence electrons. The van der Waals surface area contributed by atoms with Gasteiger partial charge in [-0.25, -0.2) is 19.4 Å². The van der Waals surface area contributed by atoms with Crippen molar-refractivity contribution in [1.29, 1.82) is 0 Å². The average Bonchev–Trinajstić information content (AvgIpc) is 3.63. The van der Waals surface area contributed by atoms with Gasteiger partial charge in [0.05, 0.1) is 17.5 Å². The topological polar surface area (TPSA) is 165 Å². The number of carboxylic acid groups (broad SMARTS) is 1. The van der Waals surface area contributed by atoms with E-state index in [1.165, 1.54) is 11.2 Å². The number of nitrogen functional groups attached to an aromatic ring is 1. The minimum atomic E-state index is -1.00. The highest BCUT2D eigenvalue weighted by Gasteiger charge is 2.46. The molecule has 1 fully saturated rings. The lowest BCUT2D eigenvalue weighted by Gasteiger charge is -2.37. The second-order valence-electron chi connectivity index (χ2n) is 10.9. The Hall–Kier alpha value is -5.00. The predicted molar refractivity (Wildman–Crippen MR) is 149 cm³/mol. The van der Waals surface area contributed by atoms with Crippen LogP contribution in [0.2, 0.25) is 0 Å². The summed E-state index contributed by atoms with van der Waals surface area (Å²) in [6, 6.07) is 14.7. The van der Waals surface area contributed by atoms with Crippen LogP contribution in [0.25, 0.3) is 33.3 Å². The molecule has 4 heterocycles. The van der Waals surface area contributed by atoms with Gasteiger partial charge in [-0.05, 0) is 35.1 Å². The lowest BCUT2D eigenvalue weighted by Crippen LogP contribution is -2.46. The Morgan fingerprint density at radius 1 is 1.10 bits per heavy atom. The number of nitrogens with zero attached hydrogens (tertiary/aromatic N) is 6.